The average Bonchev–Trinajstić information content (AvgIpc) is 3.76. The summed E-state index contributed by atoms with van der Waals surface area (Å²) in [4.78, 5) is 33.7. The number of thioether (sulfide) groups is 1. The van der Waals surface area contributed by atoms with Crippen LogP contribution in [0.2, 0.25) is 0 Å². The van der Waals surface area contributed by atoms with Crippen molar-refractivity contribution in [2.45, 2.75) is 56.7 Å². The highest BCUT2D eigenvalue weighted by Crippen LogP contribution is 2.46. The second-order valence-electron chi connectivity index (χ2n) is 11.2. The maximum absolute atomic E-state index is 14.3. The highest BCUT2D eigenvalue weighted by atomic mass is 32.2. The number of unbranched alkanes of at least 4 members (excludes halogenated alkanes) is 1. The van der Waals surface area contributed by atoms with Gasteiger partial charge in [-0.15, -0.1) is 10.2 Å². The van der Waals surface area contributed by atoms with Crippen LogP contribution in [-0.4, -0.2) is 49.6 Å². The molecule has 1 N–H and O–H groups in total. The van der Waals surface area contributed by atoms with Crippen molar-refractivity contribution in [2.75, 3.05) is 18.1 Å². The summed E-state index contributed by atoms with van der Waals surface area (Å²) in [5, 5.41) is 20.5. The number of rotatable bonds is 12. The number of pyridine rings is 1. The molecule has 1 aliphatic rings. The molecule has 3 aromatic heterocycles. The second-order valence-corrected chi connectivity index (χ2v) is 13.3. The molecule has 5 aromatic rings. The van der Waals surface area contributed by atoms with E-state index in [1.54, 1.807) is 43.3 Å². The molecule has 6 rings (SSSR count). The number of amides is 1. The van der Waals surface area contributed by atoms with E-state index in [-0.39, 0.29) is 22.2 Å². The van der Waals surface area contributed by atoms with Crippen LogP contribution in [0.15, 0.2) is 70.7 Å². The third-order valence-electron chi connectivity index (χ3n) is 8.00. The molecule has 1 fully saturated rings. The van der Waals surface area contributed by atoms with Gasteiger partial charge >= 0.3 is 5.91 Å². The molecule has 2 aromatic carbocycles. The number of ether oxygens (including phenoxy) is 2. The number of aliphatic hydroxyl groups excluding tert-OH is 1. The van der Waals surface area contributed by atoms with Gasteiger partial charge in [-0.3, -0.25) is 14.5 Å². The summed E-state index contributed by atoms with van der Waals surface area (Å²) >= 11 is 2.37. The van der Waals surface area contributed by atoms with Crippen molar-refractivity contribution in [2.24, 2.45) is 0 Å². The molecule has 248 valence electrons. The zero-order chi connectivity index (χ0) is 33.9. The quantitative estimate of drug-likeness (QED) is 0.0357. The Hall–Kier alpha value is -4.75. The third-order valence-corrected chi connectivity index (χ3v) is 10.1. The summed E-state index contributed by atoms with van der Waals surface area (Å²) < 4.78 is 28.5. The summed E-state index contributed by atoms with van der Waals surface area (Å²) in [5.74, 6) is -1.22. The Balaban J connectivity index is 1.46. The van der Waals surface area contributed by atoms with E-state index in [1.165, 1.54) is 22.7 Å². The van der Waals surface area contributed by atoms with E-state index in [0.717, 1.165) is 29.7 Å². The van der Waals surface area contributed by atoms with Gasteiger partial charge in [0.25, 0.3) is 5.78 Å². The number of anilines is 1. The number of aromatic nitrogens is 4. The number of benzene rings is 2. The number of ketones is 1. The minimum Gasteiger partial charge on any atom is -0.505 e. The highest BCUT2D eigenvalue weighted by molar-refractivity contribution is 8.00. The first-order chi connectivity index (χ1) is 23.2. The van der Waals surface area contributed by atoms with Gasteiger partial charge in [-0.25, -0.2) is 9.37 Å². The van der Waals surface area contributed by atoms with Crippen LogP contribution < -0.4 is 14.4 Å². The average molecular weight is 688 g/mol. The van der Waals surface area contributed by atoms with Crippen molar-refractivity contribution >= 4 is 51.3 Å². The van der Waals surface area contributed by atoms with Gasteiger partial charge in [0.2, 0.25) is 5.13 Å². The minimum absolute atomic E-state index is 0.137. The summed E-state index contributed by atoms with van der Waals surface area (Å²) in [5.41, 5.74) is 3.16. The number of hydrogen-bond donors (Lipinski definition) is 1. The Morgan fingerprint density at radius 1 is 1.04 bits per heavy atom. The molecule has 1 unspecified atom stereocenters. The maximum atomic E-state index is 14.3. The van der Waals surface area contributed by atoms with Gasteiger partial charge < -0.3 is 19.0 Å². The first-order valence-electron chi connectivity index (χ1n) is 15.6. The van der Waals surface area contributed by atoms with Crippen LogP contribution in [0.4, 0.5) is 9.52 Å². The van der Waals surface area contributed by atoms with Crippen LogP contribution in [0.25, 0.3) is 11.4 Å². The summed E-state index contributed by atoms with van der Waals surface area (Å²) in [6.07, 6.45) is 3.64. The SMILES string of the molecule is CCCCOc1ccc(C2/C(=C(\O)c3nc4c(C)cccn4c3C)C(=O)C(=O)N2c2nnc(SCc3ccccc3F)s2)cc1OCC. The van der Waals surface area contributed by atoms with Gasteiger partial charge in [0, 0.05) is 11.9 Å². The van der Waals surface area contributed by atoms with Gasteiger partial charge in [0.05, 0.1) is 30.5 Å². The molecular formula is C35H34FN5O5S2. The lowest BCUT2D eigenvalue weighted by atomic mass is 9.96. The van der Waals surface area contributed by atoms with Crippen LogP contribution in [0.1, 0.15) is 60.8 Å². The zero-order valence-corrected chi connectivity index (χ0v) is 28.5. The summed E-state index contributed by atoms with van der Waals surface area (Å²) in [6.45, 7) is 8.47. The number of hydrogen-bond acceptors (Lipinski definition) is 10. The molecule has 48 heavy (non-hydrogen) atoms. The van der Waals surface area contributed by atoms with Gasteiger partial charge in [-0.2, -0.15) is 0 Å². The van der Waals surface area contributed by atoms with Crippen LogP contribution >= 0.6 is 23.1 Å². The number of imidazole rings is 1. The fourth-order valence-electron chi connectivity index (χ4n) is 5.54. The Morgan fingerprint density at radius 2 is 1.85 bits per heavy atom. The Bertz CT molecular complexity index is 2040. The molecule has 4 heterocycles. The van der Waals surface area contributed by atoms with E-state index < -0.39 is 23.5 Å². The van der Waals surface area contributed by atoms with E-state index in [2.05, 4.69) is 22.1 Å². The minimum atomic E-state index is -1.09. The lowest BCUT2D eigenvalue weighted by Gasteiger charge is -2.23. The fraction of sp³-hybridized carbons (Fsp3) is 0.286. The third kappa shape index (κ3) is 6.27. The number of aryl methyl sites for hydroxylation is 2. The molecule has 1 saturated heterocycles. The number of Topliss-reactive ketones (excluding diaryl/α,β-unsaturated/α-hetero) is 1. The van der Waals surface area contributed by atoms with Crippen molar-refractivity contribution in [3.05, 3.63) is 100 Å². The van der Waals surface area contributed by atoms with E-state index in [9.17, 15) is 19.1 Å². The first kappa shape index (κ1) is 33.2. The summed E-state index contributed by atoms with van der Waals surface area (Å²) in [6, 6.07) is 14.4. The molecule has 1 atom stereocenters. The van der Waals surface area contributed by atoms with Crippen LogP contribution in [0.5, 0.6) is 11.5 Å². The lowest BCUT2D eigenvalue weighted by molar-refractivity contribution is -0.132. The maximum Gasteiger partial charge on any atom is 0.301 e. The van der Waals surface area contributed by atoms with Gasteiger partial charge in [-0.05, 0) is 68.1 Å². The Labute approximate surface area is 285 Å². The number of carbonyl (C=O) groups excluding carboxylic acids is 2. The lowest BCUT2D eigenvalue weighted by Crippen LogP contribution is -2.29. The monoisotopic (exact) mass is 687 g/mol. The highest BCUT2D eigenvalue weighted by Gasteiger charge is 2.49. The first-order valence-corrected chi connectivity index (χ1v) is 17.4. The summed E-state index contributed by atoms with van der Waals surface area (Å²) in [7, 11) is 0. The molecule has 0 radical (unpaired) electrons. The predicted octanol–water partition coefficient (Wildman–Crippen LogP) is 7.44. The number of halogens is 1. The van der Waals surface area contributed by atoms with E-state index in [1.807, 2.05) is 36.6 Å². The molecule has 0 aliphatic carbocycles. The fourth-order valence-corrected chi connectivity index (χ4v) is 7.40. The molecule has 10 nitrogen and oxygen atoms in total. The molecule has 0 saturated carbocycles. The standard InChI is InChI=1S/C35H34FN5O5S2/c1-5-7-17-46-25-15-14-22(18-26(25)45-6-2)29-27(30(42)28-21(4)40-16-10-11-20(3)32(40)37-28)31(43)33(44)41(29)34-38-39-35(48-34)47-19-23-12-8-9-13-24(23)36/h8-16,18,29,42H,5-7,17,19H2,1-4H3/b30-27+. The molecule has 13 heteroatoms. The van der Waals surface area contributed by atoms with E-state index in [4.69, 9.17) is 9.47 Å². The second kappa shape index (κ2) is 14.2. The van der Waals surface area contributed by atoms with Crippen molar-refractivity contribution in [1.82, 2.24) is 19.6 Å². The number of fused-ring (bicyclic) bond motifs is 1. The number of nitrogens with zero attached hydrogens (tertiary/aromatic N) is 5. The van der Waals surface area contributed by atoms with E-state index >= 15 is 0 Å². The van der Waals surface area contributed by atoms with Crippen molar-refractivity contribution < 1.29 is 28.6 Å². The van der Waals surface area contributed by atoms with Gasteiger partial charge in [0.1, 0.15) is 17.2 Å². The van der Waals surface area contributed by atoms with Crippen LogP contribution in [0.3, 0.4) is 0 Å². The molecule has 0 spiro atoms. The van der Waals surface area contributed by atoms with Crippen molar-refractivity contribution in [3.63, 3.8) is 0 Å². The molecular weight excluding hydrogens is 654 g/mol. The Kier molecular flexibility index (Phi) is 9.78. The smallest absolute Gasteiger partial charge is 0.301 e. The van der Waals surface area contributed by atoms with Gasteiger partial charge in [0.15, 0.2) is 21.6 Å². The van der Waals surface area contributed by atoms with Crippen molar-refractivity contribution in [3.8, 4) is 11.5 Å². The van der Waals surface area contributed by atoms with E-state index in [0.29, 0.717) is 57.3 Å². The Morgan fingerprint density at radius 3 is 2.60 bits per heavy atom. The molecule has 0 bridgehead atoms. The zero-order valence-electron chi connectivity index (χ0n) is 26.9. The largest absolute Gasteiger partial charge is 0.505 e. The molecule has 1 aliphatic heterocycles. The van der Waals surface area contributed by atoms with Crippen LogP contribution in [-0.2, 0) is 15.3 Å². The van der Waals surface area contributed by atoms with Gasteiger partial charge in [-0.1, -0.05) is 66.8 Å². The topological polar surface area (TPSA) is 119 Å². The predicted molar refractivity (Wildman–Crippen MR) is 183 cm³/mol. The van der Waals surface area contributed by atoms with Crippen LogP contribution in [0, 0.1) is 19.7 Å². The molecule has 1 amide bonds. The normalized spacial score (nSPS) is 15.9. The number of carbonyl (C=O) groups is 2. The van der Waals surface area contributed by atoms with Crippen molar-refractivity contribution in [1.29, 1.82) is 0 Å². The number of aliphatic hydroxyl groups is 1.